The average Bonchev–Trinajstić information content (AvgIpc) is 3.75. The number of benzene rings is 2. The minimum Gasteiger partial charge on any atom is -0.497 e. The number of nitrogens with one attached hydrogen (secondary N) is 2. The Kier molecular flexibility index (Phi) is 10.4. The summed E-state index contributed by atoms with van der Waals surface area (Å²) in [7, 11) is 3.16. The number of thiophene rings is 1. The smallest absolute Gasteiger partial charge is 0.341 e. The number of carbonyl (C=O) groups excluding carboxylic acids is 3. The first-order chi connectivity index (χ1) is 21.8. The van der Waals surface area contributed by atoms with Gasteiger partial charge in [-0.2, -0.15) is 0 Å². The second-order valence-corrected chi connectivity index (χ2v) is 12.7. The fourth-order valence-electron chi connectivity index (χ4n) is 5.05. The molecule has 11 nitrogen and oxygen atoms in total. The zero-order valence-corrected chi connectivity index (χ0v) is 27.2. The van der Waals surface area contributed by atoms with Crippen LogP contribution in [-0.4, -0.2) is 58.6 Å². The normalized spacial score (nSPS) is 12.7. The van der Waals surface area contributed by atoms with Crippen molar-refractivity contribution in [2.75, 3.05) is 26.1 Å². The maximum Gasteiger partial charge on any atom is 0.341 e. The maximum atomic E-state index is 13.5. The molecule has 0 aliphatic heterocycles. The molecule has 2 N–H and O–H groups in total. The summed E-state index contributed by atoms with van der Waals surface area (Å²) < 4.78 is 17.9. The highest BCUT2D eigenvalue weighted by Gasteiger charge is 2.30. The van der Waals surface area contributed by atoms with E-state index in [9.17, 15) is 14.4 Å². The minimum atomic E-state index is -0.604. The maximum absolute atomic E-state index is 13.5. The second kappa shape index (κ2) is 14.6. The number of hydrogen-bond acceptors (Lipinski definition) is 10. The third-order valence-electron chi connectivity index (χ3n) is 7.28. The van der Waals surface area contributed by atoms with Gasteiger partial charge in [-0.25, -0.2) is 4.79 Å². The monoisotopic (exact) mass is 649 g/mol. The number of nitrogens with zero attached hydrogens (tertiary/aromatic N) is 3. The number of carbonyl (C=O) groups is 3. The molecule has 2 aromatic heterocycles. The first kappa shape index (κ1) is 32.0. The number of thioether (sulfide) groups is 1. The van der Waals surface area contributed by atoms with E-state index in [1.54, 1.807) is 32.6 Å². The van der Waals surface area contributed by atoms with Gasteiger partial charge in [0, 0.05) is 4.88 Å². The predicted molar refractivity (Wildman–Crippen MR) is 173 cm³/mol. The van der Waals surface area contributed by atoms with Crippen LogP contribution in [0.2, 0.25) is 0 Å². The molecule has 1 atom stereocenters. The van der Waals surface area contributed by atoms with Crippen LogP contribution in [0.25, 0.3) is 5.69 Å². The van der Waals surface area contributed by atoms with Gasteiger partial charge in [0.15, 0.2) is 11.0 Å². The fraction of sp³-hybridized carbons (Fsp3) is 0.344. The van der Waals surface area contributed by atoms with Gasteiger partial charge >= 0.3 is 5.97 Å². The average molecular weight is 650 g/mol. The van der Waals surface area contributed by atoms with Crippen LogP contribution in [0.1, 0.15) is 52.5 Å². The molecule has 0 saturated heterocycles. The van der Waals surface area contributed by atoms with Crippen LogP contribution in [-0.2, 0) is 40.1 Å². The summed E-state index contributed by atoms with van der Waals surface area (Å²) in [5.41, 5.74) is 2.95. The molecule has 13 heteroatoms. The van der Waals surface area contributed by atoms with E-state index in [1.165, 1.54) is 23.1 Å². The Balaban J connectivity index is 1.34. The number of aryl methyl sites for hydroxylation is 1. The van der Waals surface area contributed by atoms with E-state index in [1.807, 2.05) is 48.5 Å². The lowest BCUT2D eigenvalue weighted by Gasteiger charge is -2.16. The number of fused-ring (bicyclic) bond motifs is 1. The summed E-state index contributed by atoms with van der Waals surface area (Å²) in [6, 6.07) is 14.7. The molecule has 0 fully saturated rings. The molecule has 236 valence electrons. The summed E-state index contributed by atoms with van der Waals surface area (Å²) in [5.74, 6) is 0.884. The van der Waals surface area contributed by atoms with E-state index in [4.69, 9.17) is 14.2 Å². The Morgan fingerprint density at radius 1 is 1.04 bits per heavy atom. The van der Waals surface area contributed by atoms with E-state index in [0.29, 0.717) is 33.0 Å². The molecular weight excluding hydrogens is 615 g/mol. The Labute approximate surface area is 269 Å². The van der Waals surface area contributed by atoms with Gasteiger partial charge in [-0.15, -0.1) is 21.5 Å². The zero-order valence-electron chi connectivity index (χ0n) is 25.5. The van der Waals surface area contributed by atoms with Crippen LogP contribution in [0.15, 0.2) is 53.7 Å². The van der Waals surface area contributed by atoms with Crippen molar-refractivity contribution in [2.24, 2.45) is 0 Å². The number of para-hydroxylation sites is 2. The number of hydrogen-bond donors (Lipinski definition) is 2. The van der Waals surface area contributed by atoms with Crippen molar-refractivity contribution < 1.29 is 28.6 Å². The molecule has 0 radical (unpaired) electrons. The summed E-state index contributed by atoms with van der Waals surface area (Å²) in [5, 5.41) is 15.0. The summed E-state index contributed by atoms with van der Waals surface area (Å²) in [6.45, 7) is 3.89. The summed E-state index contributed by atoms with van der Waals surface area (Å²) in [4.78, 5) is 40.2. The molecular formula is C32H35N5O6S2. The van der Waals surface area contributed by atoms with Gasteiger partial charge in [-0.3, -0.25) is 14.2 Å². The van der Waals surface area contributed by atoms with E-state index in [-0.39, 0.29) is 31.4 Å². The number of ether oxygens (including phenoxy) is 3. The van der Waals surface area contributed by atoms with Crippen molar-refractivity contribution in [1.29, 1.82) is 0 Å². The van der Waals surface area contributed by atoms with E-state index < -0.39 is 11.2 Å². The zero-order chi connectivity index (χ0) is 31.9. The highest BCUT2D eigenvalue weighted by Crippen LogP contribution is 2.40. The van der Waals surface area contributed by atoms with Gasteiger partial charge in [0.2, 0.25) is 11.8 Å². The van der Waals surface area contributed by atoms with Crippen LogP contribution in [0, 0.1) is 0 Å². The Morgan fingerprint density at radius 3 is 2.56 bits per heavy atom. The number of amides is 2. The number of esters is 1. The molecule has 0 saturated carbocycles. The molecule has 1 aliphatic rings. The first-order valence-corrected chi connectivity index (χ1v) is 16.3. The molecule has 0 bridgehead atoms. The first-order valence-electron chi connectivity index (χ1n) is 14.6. The Hall–Kier alpha value is -4.36. The lowest BCUT2D eigenvalue weighted by molar-refractivity contribution is -0.120. The topological polar surface area (TPSA) is 134 Å². The van der Waals surface area contributed by atoms with Gasteiger partial charge < -0.3 is 24.8 Å². The highest BCUT2D eigenvalue weighted by molar-refractivity contribution is 8.00. The molecule has 5 rings (SSSR count). The van der Waals surface area contributed by atoms with Crippen LogP contribution < -0.4 is 20.1 Å². The van der Waals surface area contributed by atoms with Crippen molar-refractivity contribution in [3.63, 3.8) is 0 Å². The van der Waals surface area contributed by atoms with Crippen LogP contribution >= 0.6 is 23.1 Å². The Bertz CT molecular complexity index is 1680. The second-order valence-electron chi connectivity index (χ2n) is 10.2. The van der Waals surface area contributed by atoms with E-state index in [0.717, 1.165) is 41.0 Å². The number of aromatic nitrogens is 3. The van der Waals surface area contributed by atoms with Crippen molar-refractivity contribution in [3.05, 3.63) is 75.9 Å². The number of anilines is 1. The van der Waals surface area contributed by atoms with Gasteiger partial charge in [0.05, 0.1) is 50.3 Å². The van der Waals surface area contributed by atoms with Crippen molar-refractivity contribution in [2.45, 2.75) is 56.5 Å². The standard InChI is InChI=1S/C32H35N5O6S2/c1-5-43-31(40)28-22-9-8-12-25(22)45-30(28)34-29(39)19(2)44-32-36-35-26(37(32)23-10-6-7-11-24(23)42-4)18-33-27(38)17-20-13-15-21(41-3)16-14-20/h6-7,10-11,13-16,19H,5,8-9,12,17-18H2,1-4H3,(H,33,38)(H,34,39)/t19-/m1/s1. The largest absolute Gasteiger partial charge is 0.497 e. The third-order valence-corrected chi connectivity index (χ3v) is 9.53. The van der Waals surface area contributed by atoms with E-state index in [2.05, 4.69) is 20.8 Å². The van der Waals surface area contributed by atoms with Gasteiger partial charge in [-0.05, 0) is 68.5 Å². The Morgan fingerprint density at radius 2 is 1.82 bits per heavy atom. The molecule has 4 aromatic rings. The molecule has 45 heavy (non-hydrogen) atoms. The summed E-state index contributed by atoms with van der Waals surface area (Å²) >= 11 is 2.65. The predicted octanol–water partition coefficient (Wildman–Crippen LogP) is 4.99. The van der Waals surface area contributed by atoms with Gasteiger partial charge in [0.1, 0.15) is 16.5 Å². The molecule has 2 aromatic carbocycles. The van der Waals surface area contributed by atoms with Crippen molar-refractivity contribution in [1.82, 2.24) is 20.1 Å². The lowest BCUT2D eigenvalue weighted by Crippen LogP contribution is -2.26. The van der Waals surface area contributed by atoms with Gasteiger partial charge in [-0.1, -0.05) is 36.0 Å². The molecule has 1 aliphatic carbocycles. The SMILES string of the molecule is CCOC(=O)c1c(NC(=O)[C@@H](C)Sc2nnc(CNC(=O)Cc3ccc(OC)cc3)n2-c2ccccc2OC)sc2c1CCC2. The number of rotatable bonds is 13. The van der Waals surface area contributed by atoms with Crippen LogP contribution in [0.4, 0.5) is 5.00 Å². The van der Waals surface area contributed by atoms with E-state index >= 15 is 0 Å². The van der Waals surface area contributed by atoms with Crippen LogP contribution in [0.3, 0.4) is 0 Å². The number of methoxy groups -OCH3 is 2. The lowest BCUT2D eigenvalue weighted by atomic mass is 10.1. The minimum absolute atomic E-state index is 0.102. The quantitative estimate of drug-likeness (QED) is 0.152. The van der Waals surface area contributed by atoms with Crippen molar-refractivity contribution >= 4 is 45.9 Å². The highest BCUT2D eigenvalue weighted by atomic mass is 32.2. The third kappa shape index (κ3) is 7.31. The summed E-state index contributed by atoms with van der Waals surface area (Å²) in [6.07, 6.45) is 2.85. The molecule has 0 unspecified atom stereocenters. The molecule has 2 amide bonds. The molecule has 0 spiro atoms. The van der Waals surface area contributed by atoms with Gasteiger partial charge in [0.25, 0.3) is 0 Å². The van der Waals surface area contributed by atoms with Crippen molar-refractivity contribution in [3.8, 4) is 17.2 Å². The fourth-order valence-corrected chi connectivity index (χ4v) is 7.21. The molecule has 2 heterocycles. The van der Waals surface area contributed by atoms with Crippen LogP contribution in [0.5, 0.6) is 11.5 Å².